The molecule has 2 aromatic rings. The van der Waals surface area contributed by atoms with Gasteiger partial charge in [0.15, 0.2) is 0 Å². The van der Waals surface area contributed by atoms with Crippen molar-refractivity contribution in [2.45, 2.75) is 25.2 Å². The normalized spacial score (nSPS) is 13.1. The first-order valence-corrected chi connectivity index (χ1v) is 9.42. The van der Waals surface area contributed by atoms with Crippen LogP contribution in [0.15, 0.2) is 51.4 Å². The Hall–Kier alpha value is -1.48. The van der Waals surface area contributed by atoms with Gasteiger partial charge in [0.2, 0.25) is 0 Å². The number of carbonyl (C=O) groups excluding carboxylic acids is 1. The molecule has 140 valence electrons. The van der Waals surface area contributed by atoms with E-state index in [1.165, 1.54) is 12.1 Å². The molecule has 2 aromatic carbocycles. The average Bonchev–Trinajstić information content (AvgIpc) is 2.59. The summed E-state index contributed by atoms with van der Waals surface area (Å²) in [7, 11) is 0. The zero-order chi connectivity index (χ0) is 19.1. The van der Waals surface area contributed by atoms with E-state index in [0.717, 1.165) is 5.56 Å². The van der Waals surface area contributed by atoms with Gasteiger partial charge in [-0.05, 0) is 24.1 Å². The summed E-state index contributed by atoms with van der Waals surface area (Å²) >= 11 is 6.34. The van der Waals surface area contributed by atoms with Gasteiger partial charge in [0.1, 0.15) is 18.5 Å². The summed E-state index contributed by atoms with van der Waals surface area (Å²) in [6.45, 7) is 0.260. The zero-order valence-corrected chi connectivity index (χ0v) is 16.8. The number of amides is 1. The summed E-state index contributed by atoms with van der Waals surface area (Å²) in [5.41, 5.74) is 1.20. The van der Waals surface area contributed by atoms with Crippen molar-refractivity contribution >= 4 is 38.0 Å². The molecular formula is C18H18Br2FNO4. The summed E-state index contributed by atoms with van der Waals surface area (Å²) in [5.74, 6) is -0.475. The number of aliphatic hydroxyl groups excluding tert-OH is 2. The molecular weight excluding hydrogens is 473 g/mol. The Morgan fingerprint density at radius 1 is 1.15 bits per heavy atom. The van der Waals surface area contributed by atoms with Gasteiger partial charge in [0.05, 0.1) is 6.10 Å². The standard InChI is InChI=1S/C18H18Br2FNO4/c19-13-8-12(21)9-14(20)16(13)17(24)15(23)6-7-22-18(25)26-10-11-4-2-1-3-5-11/h1-5,8-9,15,17,23-24H,6-7,10H2,(H,22,25). The molecule has 5 nitrogen and oxygen atoms in total. The van der Waals surface area contributed by atoms with Crippen LogP contribution in [-0.4, -0.2) is 29.0 Å². The van der Waals surface area contributed by atoms with Crippen molar-refractivity contribution in [3.63, 3.8) is 0 Å². The van der Waals surface area contributed by atoms with Crippen molar-refractivity contribution in [1.29, 1.82) is 0 Å². The molecule has 0 saturated carbocycles. The Labute approximate surface area is 167 Å². The summed E-state index contributed by atoms with van der Waals surface area (Å²) in [5, 5.41) is 22.9. The third-order valence-corrected chi connectivity index (χ3v) is 4.94. The molecule has 0 aromatic heterocycles. The monoisotopic (exact) mass is 489 g/mol. The van der Waals surface area contributed by atoms with Crippen molar-refractivity contribution in [3.8, 4) is 0 Å². The third kappa shape index (κ3) is 6.05. The van der Waals surface area contributed by atoms with E-state index in [1.807, 2.05) is 30.3 Å². The maximum Gasteiger partial charge on any atom is 0.407 e. The molecule has 3 N–H and O–H groups in total. The molecule has 0 aliphatic heterocycles. The molecule has 2 atom stereocenters. The van der Waals surface area contributed by atoms with E-state index in [1.54, 1.807) is 0 Å². The molecule has 0 fully saturated rings. The second-order valence-corrected chi connectivity index (χ2v) is 7.28. The highest BCUT2D eigenvalue weighted by molar-refractivity contribution is 9.11. The Kier molecular flexibility index (Phi) is 8.02. The van der Waals surface area contributed by atoms with Crippen molar-refractivity contribution in [2.24, 2.45) is 0 Å². The Morgan fingerprint density at radius 2 is 1.77 bits per heavy atom. The van der Waals surface area contributed by atoms with Crippen LogP contribution in [-0.2, 0) is 11.3 Å². The van der Waals surface area contributed by atoms with E-state index in [2.05, 4.69) is 37.2 Å². The Bertz CT molecular complexity index is 722. The lowest BCUT2D eigenvalue weighted by molar-refractivity contribution is 0.0127. The van der Waals surface area contributed by atoms with Gasteiger partial charge in [-0.25, -0.2) is 9.18 Å². The molecule has 2 unspecified atom stereocenters. The average molecular weight is 491 g/mol. The molecule has 0 aliphatic rings. The number of alkyl carbamates (subject to hydrolysis) is 1. The molecule has 0 heterocycles. The first-order chi connectivity index (χ1) is 12.4. The molecule has 1 amide bonds. The smallest absolute Gasteiger partial charge is 0.407 e. The maximum atomic E-state index is 13.3. The van der Waals surface area contributed by atoms with E-state index in [-0.39, 0.29) is 19.6 Å². The number of ether oxygens (including phenoxy) is 1. The highest BCUT2D eigenvalue weighted by Gasteiger charge is 2.23. The summed E-state index contributed by atoms with van der Waals surface area (Å²) in [6, 6.07) is 11.6. The van der Waals surface area contributed by atoms with Crippen molar-refractivity contribution in [1.82, 2.24) is 5.32 Å². The lowest BCUT2D eigenvalue weighted by Gasteiger charge is -2.21. The van der Waals surface area contributed by atoms with Crippen LogP contribution in [0.3, 0.4) is 0 Å². The van der Waals surface area contributed by atoms with Crippen LogP contribution in [0.1, 0.15) is 23.7 Å². The highest BCUT2D eigenvalue weighted by atomic mass is 79.9. The second-order valence-electron chi connectivity index (χ2n) is 5.57. The molecule has 0 radical (unpaired) electrons. The molecule has 8 heteroatoms. The second kappa shape index (κ2) is 10.0. The number of nitrogens with one attached hydrogen (secondary N) is 1. The van der Waals surface area contributed by atoms with E-state index >= 15 is 0 Å². The fourth-order valence-electron chi connectivity index (χ4n) is 2.28. The van der Waals surface area contributed by atoms with Gasteiger partial charge >= 0.3 is 6.09 Å². The molecule has 0 saturated heterocycles. The van der Waals surface area contributed by atoms with Gasteiger partial charge in [0.25, 0.3) is 0 Å². The quantitative estimate of drug-likeness (QED) is 0.546. The number of hydrogen-bond donors (Lipinski definition) is 3. The Balaban J connectivity index is 1.79. The summed E-state index contributed by atoms with van der Waals surface area (Å²) in [6.07, 6.45) is -2.92. The van der Waals surface area contributed by atoms with Gasteiger partial charge in [-0.3, -0.25) is 0 Å². The van der Waals surface area contributed by atoms with Crippen molar-refractivity contribution in [3.05, 3.63) is 68.4 Å². The molecule has 0 spiro atoms. The van der Waals surface area contributed by atoms with Crippen molar-refractivity contribution < 1.29 is 24.1 Å². The molecule has 0 bridgehead atoms. The SMILES string of the molecule is O=C(NCCC(O)C(O)c1c(Br)cc(F)cc1Br)OCc1ccccc1. The van der Waals surface area contributed by atoms with Gasteiger partial charge in [-0.2, -0.15) is 0 Å². The largest absolute Gasteiger partial charge is 0.445 e. The van der Waals surface area contributed by atoms with Crippen molar-refractivity contribution in [2.75, 3.05) is 6.54 Å². The minimum absolute atomic E-state index is 0.0951. The van der Waals surface area contributed by atoms with Crippen LogP contribution in [0, 0.1) is 5.82 Å². The van der Waals surface area contributed by atoms with Gasteiger partial charge in [0, 0.05) is 21.1 Å². The Morgan fingerprint density at radius 3 is 2.38 bits per heavy atom. The third-order valence-electron chi connectivity index (χ3n) is 3.63. The van der Waals surface area contributed by atoms with Gasteiger partial charge < -0.3 is 20.3 Å². The number of carbonyl (C=O) groups is 1. The lowest BCUT2D eigenvalue weighted by Crippen LogP contribution is -2.30. The van der Waals surface area contributed by atoms with Gasteiger partial charge in [-0.15, -0.1) is 0 Å². The predicted molar refractivity (Wildman–Crippen MR) is 102 cm³/mol. The van der Waals surface area contributed by atoms with E-state index in [9.17, 15) is 19.4 Å². The number of benzene rings is 2. The minimum Gasteiger partial charge on any atom is -0.445 e. The highest BCUT2D eigenvalue weighted by Crippen LogP contribution is 2.34. The molecule has 2 rings (SSSR count). The van der Waals surface area contributed by atoms with E-state index in [0.29, 0.717) is 14.5 Å². The molecule has 0 aliphatic carbocycles. The first kappa shape index (κ1) is 20.8. The van der Waals surface area contributed by atoms with Crippen LogP contribution in [0.5, 0.6) is 0 Å². The van der Waals surface area contributed by atoms with E-state index in [4.69, 9.17) is 4.74 Å². The lowest BCUT2D eigenvalue weighted by atomic mass is 10.0. The fourth-order valence-corrected chi connectivity index (χ4v) is 3.88. The zero-order valence-electron chi connectivity index (χ0n) is 13.7. The predicted octanol–water partition coefficient (Wildman–Crippen LogP) is 4.06. The van der Waals surface area contributed by atoms with Crippen LogP contribution in [0.4, 0.5) is 9.18 Å². The van der Waals surface area contributed by atoms with Crippen LogP contribution in [0.2, 0.25) is 0 Å². The minimum atomic E-state index is -1.25. The van der Waals surface area contributed by atoms with Crippen LogP contribution < -0.4 is 5.32 Å². The van der Waals surface area contributed by atoms with Gasteiger partial charge in [-0.1, -0.05) is 62.2 Å². The number of hydrogen-bond acceptors (Lipinski definition) is 4. The summed E-state index contributed by atoms with van der Waals surface area (Å²) < 4.78 is 19.0. The number of halogens is 3. The topological polar surface area (TPSA) is 78.8 Å². The first-order valence-electron chi connectivity index (χ1n) is 7.83. The molecule has 26 heavy (non-hydrogen) atoms. The fraction of sp³-hybridized carbons (Fsp3) is 0.278. The number of aliphatic hydroxyl groups is 2. The van der Waals surface area contributed by atoms with Crippen LogP contribution in [0.25, 0.3) is 0 Å². The van der Waals surface area contributed by atoms with Crippen LogP contribution >= 0.6 is 31.9 Å². The van der Waals surface area contributed by atoms with E-state index < -0.39 is 24.1 Å². The maximum absolute atomic E-state index is 13.3. The summed E-state index contributed by atoms with van der Waals surface area (Å²) in [4.78, 5) is 11.6. The number of rotatable bonds is 7.